The lowest BCUT2D eigenvalue weighted by atomic mass is 9.94. The van der Waals surface area contributed by atoms with Gasteiger partial charge in [-0.2, -0.15) is 0 Å². The second-order valence-electron chi connectivity index (χ2n) is 11.2. The number of azo groups is 2. The first-order valence-electron chi connectivity index (χ1n) is 14.4. The molecule has 0 bridgehead atoms. The smallest absolute Gasteiger partial charge is 0.275 e. The quantitative estimate of drug-likeness (QED) is 0.207. The molecule has 0 amide bonds. The van der Waals surface area contributed by atoms with Crippen LogP contribution in [-0.4, -0.2) is 14.7 Å². The molecule has 7 aromatic rings. The molecule has 5 nitrogen and oxygen atoms in total. The van der Waals surface area contributed by atoms with Crippen molar-refractivity contribution in [3.63, 3.8) is 0 Å². The van der Waals surface area contributed by atoms with Crippen molar-refractivity contribution in [1.82, 2.24) is 9.97 Å². The Morgan fingerprint density at radius 3 is 2.31 bits per heavy atom. The van der Waals surface area contributed by atoms with Gasteiger partial charge in [0, 0.05) is 45.0 Å². The number of furan rings is 1. The summed E-state index contributed by atoms with van der Waals surface area (Å²) in [5.41, 5.74) is 12.3. The van der Waals surface area contributed by atoms with E-state index in [4.69, 9.17) is 19.5 Å². The van der Waals surface area contributed by atoms with Crippen LogP contribution in [0.3, 0.4) is 0 Å². The Kier molecular flexibility index (Phi) is 5.54. The van der Waals surface area contributed by atoms with E-state index in [9.17, 15) is 0 Å². The van der Waals surface area contributed by atoms with E-state index in [2.05, 4.69) is 122 Å². The molecule has 42 heavy (non-hydrogen) atoms. The predicted octanol–water partition coefficient (Wildman–Crippen LogP) is 9.85. The molecule has 1 aliphatic heterocycles. The minimum absolute atomic E-state index is 0.0208. The summed E-state index contributed by atoms with van der Waals surface area (Å²) in [6.45, 7) is 6.29. The van der Waals surface area contributed by atoms with Crippen molar-refractivity contribution in [2.24, 2.45) is 5.11 Å². The second-order valence-corrected chi connectivity index (χ2v) is 11.2. The summed E-state index contributed by atoms with van der Waals surface area (Å²) >= 11 is 0. The number of fused-ring (bicyclic) bond motifs is 6. The number of rotatable bonds is 4. The third-order valence-electron chi connectivity index (χ3n) is 8.47. The number of nitrogens with zero attached hydrogens (tertiary/aromatic N) is 4. The molecule has 3 aromatic heterocycles. The Morgan fingerprint density at radius 1 is 0.690 bits per heavy atom. The molecule has 1 unspecified atom stereocenters. The first kappa shape index (κ1) is 24.6. The number of hydrogen-bond donors (Lipinski definition) is 0. The predicted molar refractivity (Wildman–Crippen MR) is 168 cm³/mol. The van der Waals surface area contributed by atoms with E-state index in [1.807, 2.05) is 6.92 Å². The van der Waals surface area contributed by atoms with Crippen molar-refractivity contribution < 1.29 is 9.11 Å². The topological polar surface area (TPSA) is 54.3 Å². The fraction of sp³-hybridized carbons (Fsp3) is 0.135. The fourth-order valence-corrected chi connectivity index (χ4v) is 6.51. The van der Waals surface area contributed by atoms with Gasteiger partial charge in [-0.15, -0.1) is 0 Å². The zero-order chi connectivity index (χ0) is 28.4. The van der Waals surface area contributed by atoms with Gasteiger partial charge in [0.25, 0.3) is 5.69 Å². The Labute approximate surface area is 243 Å². The standard InChI is InChI=1S/C37H29N4O/c1-22-9-7-10-23(2)34(22)30-18-17-27-26-13-8-14-32(36(26)42-37(27)39-30)41-33(21-25-11-5-4-6-12-25)35-28-16-15-24(3)38-29(28)19-20-31(35)40-41/h4-20,33H,21H2,1-3H3/q+1. The number of aromatic nitrogens is 2. The largest absolute Gasteiger partial charge is 0.431 e. The van der Waals surface area contributed by atoms with E-state index in [-0.39, 0.29) is 6.04 Å². The van der Waals surface area contributed by atoms with Crippen LogP contribution in [0.25, 0.3) is 44.2 Å². The molecule has 0 fully saturated rings. The molecule has 0 saturated heterocycles. The van der Waals surface area contributed by atoms with Gasteiger partial charge in [-0.25, -0.2) is 4.98 Å². The summed E-state index contributed by atoms with van der Waals surface area (Å²) in [6, 6.07) is 36.0. The lowest BCUT2D eigenvalue weighted by Crippen LogP contribution is -2.12. The molecule has 5 heteroatoms. The average molecular weight is 546 g/mol. The van der Waals surface area contributed by atoms with Crippen molar-refractivity contribution in [2.75, 3.05) is 0 Å². The van der Waals surface area contributed by atoms with Crippen LogP contribution in [-0.2, 0) is 6.42 Å². The minimum Gasteiger partial charge on any atom is -0.431 e. The number of pyridine rings is 2. The van der Waals surface area contributed by atoms with Crippen LogP contribution in [0, 0.1) is 20.8 Å². The highest BCUT2D eigenvalue weighted by Crippen LogP contribution is 2.47. The Balaban J connectivity index is 1.32. The third-order valence-corrected chi connectivity index (χ3v) is 8.47. The molecule has 1 atom stereocenters. The molecule has 8 rings (SSSR count). The molecule has 0 aliphatic carbocycles. The molecule has 0 saturated carbocycles. The van der Waals surface area contributed by atoms with Crippen molar-refractivity contribution >= 4 is 44.3 Å². The molecule has 0 N–H and O–H groups in total. The van der Waals surface area contributed by atoms with Crippen LogP contribution in [0.2, 0.25) is 0 Å². The van der Waals surface area contributed by atoms with Crippen LogP contribution in [0.4, 0.5) is 11.4 Å². The summed E-state index contributed by atoms with van der Waals surface area (Å²) in [6.07, 6.45) is 0.801. The van der Waals surface area contributed by atoms with Gasteiger partial charge in [0.1, 0.15) is 5.69 Å². The van der Waals surface area contributed by atoms with Gasteiger partial charge in [-0.1, -0.05) is 65.4 Å². The first-order valence-corrected chi connectivity index (χ1v) is 14.4. The van der Waals surface area contributed by atoms with Crippen LogP contribution >= 0.6 is 0 Å². The number of hydrogen-bond acceptors (Lipinski definition) is 4. The molecule has 1 aliphatic rings. The van der Waals surface area contributed by atoms with Gasteiger partial charge >= 0.3 is 0 Å². The van der Waals surface area contributed by atoms with Crippen molar-refractivity contribution in [3.8, 4) is 11.3 Å². The molecule has 4 aromatic carbocycles. The molecule has 4 heterocycles. The number of benzene rings is 4. The van der Waals surface area contributed by atoms with Gasteiger partial charge in [0.05, 0.1) is 16.8 Å². The Bertz CT molecular complexity index is 2190. The second kappa shape index (κ2) is 9.45. The summed E-state index contributed by atoms with van der Waals surface area (Å²) < 4.78 is 8.76. The zero-order valence-electron chi connectivity index (χ0n) is 23.8. The minimum atomic E-state index is -0.0208. The zero-order valence-corrected chi connectivity index (χ0v) is 23.8. The van der Waals surface area contributed by atoms with Crippen LogP contribution in [0.5, 0.6) is 0 Å². The highest BCUT2D eigenvalue weighted by atomic mass is 16.3. The fourth-order valence-electron chi connectivity index (χ4n) is 6.51. The molecule has 202 valence electrons. The van der Waals surface area contributed by atoms with Gasteiger partial charge in [0.2, 0.25) is 17.3 Å². The van der Waals surface area contributed by atoms with E-state index >= 15 is 0 Å². The molecule has 0 spiro atoms. The molecular formula is C37H29N4O+. The maximum atomic E-state index is 6.61. The van der Waals surface area contributed by atoms with E-state index in [1.54, 1.807) is 0 Å². The van der Waals surface area contributed by atoms with Gasteiger partial charge in [-0.3, -0.25) is 4.98 Å². The SMILES string of the molecule is Cc1ccc2c3c(ccc2n1)N=[N+](c1cccc2c1oc1nc(-c4c(C)cccc4C)ccc12)C3Cc1ccccc1. The lowest BCUT2D eigenvalue weighted by Gasteiger charge is -2.12. The van der Waals surface area contributed by atoms with E-state index in [0.29, 0.717) is 5.71 Å². The summed E-state index contributed by atoms with van der Waals surface area (Å²) in [5.74, 6) is 0. The van der Waals surface area contributed by atoms with E-state index in [0.717, 1.165) is 62.0 Å². The lowest BCUT2D eigenvalue weighted by molar-refractivity contribution is -0.545. The Hall–Kier alpha value is -5.16. The molecular weight excluding hydrogens is 516 g/mol. The molecule has 0 radical (unpaired) electrons. The highest BCUT2D eigenvalue weighted by molar-refractivity contribution is 6.07. The van der Waals surface area contributed by atoms with Crippen LogP contribution in [0.1, 0.15) is 34.0 Å². The van der Waals surface area contributed by atoms with Crippen LogP contribution in [0.15, 0.2) is 113 Å². The van der Waals surface area contributed by atoms with E-state index in [1.165, 1.54) is 22.3 Å². The van der Waals surface area contributed by atoms with Gasteiger partial charge in [0.15, 0.2) is 0 Å². The first-order chi connectivity index (χ1) is 20.5. The summed E-state index contributed by atoms with van der Waals surface area (Å²) in [5, 5.41) is 8.39. The van der Waals surface area contributed by atoms with Crippen molar-refractivity contribution in [1.29, 1.82) is 0 Å². The number of para-hydroxylation sites is 1. The normalized spacial score (nSPS) is 14.5. The van der Waals surface area contributed by atoms with Crippen LogP contribution < -0.4 is 0 Å². The third kappa shape index (κ3) is 3.85. The van der Waals surface area contributed by atoms with Gasteiger partial charge in [-0.05, 0) is 73.9 Å². The van der Waals surface area contributed by atoms with E-state index < -0.39 is 0 Å². The van der Waals surface area contributed by atoms with Crippen molar-refractivity contribution in [2.45, 2.75) is 33.2 Å². The maximum Gasteiger partial charge on any atom is 0.275 e. The maximum absolute atomic E-state index is 6.61. The van der Waals surface area contributed by atoms with Gasteiger partial charge < -0.3 is 4.42 Å². The number of aryl methyl sites for hydroxylation is 3. The van der Waals surface area contributed by atoms with Crippen molar-refractivity contribution in [3.05, 3.63) is 131 Å². The monoisotopic (exact) mass is 545 g/mol. The average Bonchev–Trinajstić information content (AvgIpc) is 3.55. The Morgan fingerprint density at radius 2 is 1.48 bits per heavy atom. The summed E-state index contributed by atoms with van der Waals surface area (Å²) in [4.78, 5) is 9.85. The summed E-state index contributed by atoms with van der Waals surface area (Å²) in [7, 11) is 0. The highest BCUT2D eigenvalue weighted by Gasteiger charge is 2.40.